The molecule has 3 aromatic carbocycles. The van der Waals surface area contributed by atoms with E-state index in [1.54, 1.807) is 32.4 Å². The molecule has 186 valence electrons. The summed E-state index contributed by atoms with van der Waals surface area (Å²) in [4.78, 5) is 26.9. The Morgan fingerprint density at radius 1 is 0.946 bits per heavy atom. The number of nitrogens with one attached hydrogen (secondary N) is 1. The number of aromatic nitrogens is 3. The van der Waals surface area contributed by atoms with Gasteiger partial charge in [-0.05, 0) is 48.9 Å². The fraction of sp³-hybridized carbons (Fsp3) is 0.172. The van der Waals surface area contributed by atoms with Crippen LogP contribution in [0.2, 0.25) is 0 Å². The number of anilines is 1. The molecule has 8 nitrogen and oxygen atoms in total. The van der Waals surface area contributed by atoms with Gasteiger partial charge in [0.1, 0.15) is 11.5 Å². The average Bonchev–Trinajstić information content (AvgIpc) is 3.27. The third kappa shape index (κ3) is 3.22. The van der Waals surface area contributed by atoms with Crippen molar-refractivity contribution in [2.24, 2.45) is 14.1 Å². The lowest BCUT2D eigenvalue weighted by atomic mass is 9.98. The molecule has 2 N–H and O–H groups in total. The summed E-state index contributed by atoms with van der Waals surface area (Å²) >= 11 is 0. The van der Waals surface area contributed by atoms with Gasteiger partial charge in [-0.3, -0.25) is 13.9 Å². The van der Waals surface area contributed by atoms with E-state index in [-0.39, 0.29) is 11.3 Å². The summed E-state index contributed by atoms with van der Waals surface area (Å²) in [5, 5.41) is 15.0. The molecule has 1 aliphatic heterocycles. The van der Waals surface area contributed by atoms with Gasteiger partial charge < -0.3 is 19.7 Å². The number of hydrogen-bond acceptors (Lipinski definition) is 5. The SMILES string of the molecule is COc1ccc(O)c(C2Nc3ccccc3-n3c(-c4cccc(C)c4)c4c(=O)n(C)c(=O)n(C)c4c32)c1. The maximum Gasteiger partial charge on any atom is 0.331 e. The normalized spacial score (nSPS) is 14.2. The quantitative estimate of drug-likeness (QED) is 0.392. The number of hydrogen-bond donors (Lipinski definition) is 2. The van der Waals surface area contributed by atoms with Crippen molar-refractivity contribution >= 4 is 16.6 Å². The molecule has 8 heteroatoms. The Balaban J connectivity index is 1.86. The summed E-state index contributed by atoms with van der Waals surface area (Å²) in [5.41, 5.74) is 5.26. The van der Waals surface area contributed by atoms with Gasteiger partial charge >= 0.3 is 5.69 Å². The van der Waals surface area contributed by atoms with Crippen molar-refractivity contribution in [1.82, 2.24) is 13.7 Å². The van der Waals surface area contributed by atoms with E-state index in [2.05, 4.69) is 9.88 Å². The fourth-order valence-corrected chi connectivity index (χ4v) is 5.41. The first kappa shape index (κ1) is 22.7. The summed E-state index contributed by atoms with van der Waals surface area (Å²) in [6.45, 7) is 2.01. The zero-order valence-corrected chi connectivity index (χ0v) is 20.9. The Morgan fingerprint density at radius 3 is 2.49 bits per heavy atom. The minimum Gasteiger partial charge on any atom is -0.508 e. The van der Waals surface area contributed by atoms with Crippen LogP contribution in [0, 0.1) is 6.92 Å². The Hall–Kier alpha value is -4.72. The highest BCUT2D eigenvalue weighted by molar-refractivity contribution is 5.99. The number of phenolic OH excluding ortho intramolecular Hbond substituents is 1. The van der Waals surface area contributed by atoms with Crippen molar-refractivity contribution < 1.29 is 9.84 Å². The van der Waals surface area contributed by atoms with E-state index in [0.29, 0.717) is 33.6 Å². The summed E-state index contributed by atoms with van der Waals surface area (Å²) in [5.74, 6) is 0.657. The van der Waals surface area contributed by atoms with E-state index >= 15 is 0 Å². The van der Waals surface area contributed by atoms with Gasteiger partial charge in [0.2, 0.25) is 0 Å². The van der Waals surface area contributed by atoms with Gasteiger partial charge in [0.15, 0.2) is 0 Å². The van der Waals surface area contributed by atoms with E-state index in [1.807, 2.05) is 55.5 Å². The van der Waals surface area contributed by atoms with Gasteiger partial charge in [0.05, 0.1) is 46.8 Å². The van der Waals surface area contributed by atoms with Crippen LogP contribution in [0.4, 0.5) is 5.69 Å². The van der Waals surface area contributed by atoms with E-state index in [1.165, 1.54) is 11.6 Å². The predicted octanol–water partition coefficient (Wildman–Crippen LogP) is 4.23. The maximum atomic E-state index is 13.8. The molecule has 1 aliphatic rings. The molecule has 0 spiro atoms. The van der Waals surface area contributed by atoms with Gasteiger partial charge in [0.25, 0.3) is 5.56 Å². The van der Waals surface area contributed by atoms with Crippen molar-refractivity contribution in [2.45, 2.75) is 13.0 Å². The van der Waals surface area contributed by atoms with Crippen LogP contribution in [0.3, 0.4) is 0 Å². The second-order valence-corrected chi connectivity index (χ2v) is 9.39. The summed E-state index contributed by atoms with van der Waals surface area (Å²) in [6, 6.07) is 20.3. The smallest absolute Gasteiger partial charge is 0.331 e. The molecule has 0 aliphatic carbocycles. The zero-order valence-electron chi connectivity index (χ0n) is 20.9. The van der Waals surface area contributed by atoms with Crippen molar-refractivity contribution in [2.75, 3.05) is 12.4 Å². The second-order valence-electron chi connectivity index (χ2n) is 9.39. The van der Waals surface area contributed by atoms with Crippen molar-refractivity contribution in [3.8, 4) is 28.4 Å². The molecule has 0 fully saturated rings. The second kappa shape index (κ2) is 8.16. The number of ether oxygens (including phenoxy) is 1. The number of para-hydroxylation sites is 2. The van der Waals surface area contributed by atoms with Gasteiger partial charge in [0, 0.05) is 19.7 Å². The lowest BCUT2D eigenvalue weighted by Crippen LogP contribution is -2.37. The lowest BCUT2D eigenvalue weighted by molar-refractivity contribution is 0.410. The summed E-state index contributed by atoms with van der Waals surface area (Å²) < 4.78 is 10.2. The number of fused-ring (bicyclic) bond motifs is 5. The van der Waals surface area contributed by atoms with Crippen LogP contribution in [0.5, 0.6) is 11.5 Å². The largest absolute Gasteiger partial charge is 0.508 e. The number of phenols is 1. The minimum absolute atomic E-state index is 0.0736. The average molecular weight is 495 g/mol. The van der Waals surface area contributed by atoms with E-state index < -0.39 is 11.7 Å². The highest BCUT2D eigenvalue weighted by Crippen LogP contribution is 2.47. The molecule has 0 radical (unpaired) electrons. The van der Waals surface area contributed by atoms with Crippen LogP contribution in [-0.2, 0) is 14.1 Å². The highest BCUT2D eigenvalue weighted by Gasteiger charge is 2.35. The molecule has 37 heavy (non-hydrogen) atoms. The maximum absolute atomic E-state index is 13.8. The van der Waals surface area contributed by atoms with E-state index in [0.717, 1.165) is 27.1 Å². The molecule has 2 aromatic heterocycles. The van der Waals surface area contributed by atoms with Crippen LogP contribution in [0.15, 0.2) is 76.3 Å². The van der Waals surface area contributed by atoms with Crippen LogP contribution >= 0.6 is 0 Å². The first-order chi connectivity index (χ1) is 17.8. The molecule has 0 amide bonds. The molecule has 0 saturated carbocycles. The Kier molecular flexibility index (Phi) is 5.01. The molecular weight excluding hydrogens is 468 g/mol. The standard InChI is InChI=1S/C29H26N4O4/c1-16-8-7-9-17(14-16)25-23-26(31(2)29(36)32(3)28(23)35)27-24(19-15-18(37-4)12-13-22(19)34)30-20-10-5-6-11-21(20)33(25)27/h5-15,24,30,34H,1-4H3. The molecular formula is C29H26N4O4. The number of rotatable bonds is 3. The van der Waals surface area contributed by atoms with Crippen LogP contribution in [-0.4, -0.2) is 25.9 Å². The number of benzene rings is 3. The monoisotopic (exact) mass is 494 g/mol. The van der Waals surface area contributed by atoms with E-state index in [4.69, 9.17) is 4.74 Å². The van der Waals surface area contributed by atoms with Gasteiger partial charge in [-0.2, -0.15) is 0 Å². The Bertz CT molecular complexity index is 1840. The molecule has 0 saturated heterocycles. The molecule has 1 unspecified atom stereocenters. The Morgan fingerprint density at radius 2 is 1.73 bits per heavy atom. The first-order valence-electron chi connectivity index (χ1n) is 12.0. The number of aromatic hydroxyl groups is 1. The zero-order chi connectivity index (χ0) is 26.0. The number of methoxy groups -OCH3 is 1. The van der Waals surface area contributed by atoms with Gasteiger partial charge in [-0.1, -0.05) is 35.9 Å². The lowest BCUT2D eigenvalue weighted by Gasteiger charge is -2.31. The third-order valence-electron chi connectivity index (χ3n) is 7.16. The third-order valence-corrected chi connectivity index (χ3v) is 7.16. The van der Waals surface area contributed by atoms with Crippen LogP contribution in [0.1, 0.15) is 22.9 Å². The van der Waals surface area contributed by atoms with Crippen molar-refractivity contribution in [3.05, 3.63) is 104 Å². The molecule has 5 aromatic rings. The summed E-state index contributed by atoms with van der Waals surface area (Å²) in [6.07, 6.45) is 0. The highest BCUT2D eigenvalue weighted by atomic mass is 16.5. The fourth-order valence-electron chi connectivity index (χ4n) is 5.41. The first-order valence-corrected chi connectivity index (χ1v) is 12.0. The number of nitrogens with zero attached hydrogens (tertiary/aromatic N) is 3. The van der Waals surface area contributed by atoms with Gasteiger partial charge in [-0.15, -0.1) is 0 Å². The van der Waals surface area contributed by atoms with Gasteiger partial charge in [-0.25, -0.2) is 4.79 Å². The molecule has 1 atom stereocenters. The van der Waals surface area contributed by atoms with Crippen molar-refractivity contribution in [3.63, 3.8) is 0 Å². The Labute approximate surface area is 212 Å². The predicted molar refractivity (Wildman–Crippen MR) is 144 cm³/mol. The van der Waals surface area contributed by atoms with E-state index in [9.17, 15) is 14.7 Å². The van der Waals surface area contributed by atoms with Crippen molar-refractivity contribution in [1.29, 1.82) is 0 Å². The molecule has 6 rings (SSSR count). The van der Waals surface area contributed by atoms with Crippen LogP contribution < -0.4 is 21.3 Å². The topological polar surface area (TPSA) is 90.4 Å². The summed E-state index contributed by atoms with van der Waals surface area (Å²) in [7, 11) is 4.74. The van der Waals surface area contributed by atoms with Crippen LogP contribution in [0.25, 0.3) is 27.8 Å². The molecule has 3 heterocycles. The molecule has 0 bridgehead atoms. The number of aryl methyl sites for hydroxylation is 2. The minimum atomic E-state index is -0.580.